The van der Waals surface area contributed by atoms with Crippen LogP contribution in [0.25, 0.3) is 0 Å². The number of thiophene rings is 1. The van der Waals surface area contributed by atoms with E-state index >= 15 is 0 Å². The second-order valence-electron chi connectivity index (χ2n) is 4.40. The van der Waals surface area contributed by atoms with E-state index in [0.29, 0.717) is 0 Å². The maximum absolute atomic E-state index is 6.37. The summed E-state index contributed by atoms with van der Waals surface area (Å²) in [4.78, 5) is 1.45. The van der Waals surface area contributed by atoms with Gasteiger partial charge in [0, 0.05) is 15.3 Å². The first-order valence-electron chi connectivity index (χ1n) is 6.15. The fraction of sp³-hybridized carbons (Fsp3) is 0.333. The summed E-state index contributed by atoms with van der Waals surface area (Å²) in [6.45, 7) is 0. The fourth-order valence-electron chi connectivity index (χ4n) is 1.93. The summed E-state index contributed by atoms with van der Waals surface area (Å²) in [7, 11) is 0. The molecule has 2 aromatic rings. The average Bonchev–Trinajstić information content (AvgIpc) is 2.85. The third kappa shape index (κ3) is 4.64. The number of halogens is 2. The maximum atomic E-state index is 6.37. The quantitative estimate of drug-likeness (QED) is 0.611. The van der Waals surface area contributed by atoms with Gasteiger partial charge >= 0.3 is 0 Å². The first-order chi connectivity index (χ1) is 8.74. The first-order valence-corrected chi connectivity index (χ1v) is 7.84. The molecule has 0 fully saturated rings. The van der Waals surface area contributed by atoms with Crippen molar-refractivity contribution in [1.29, 1.82) is 0 Å². The largest absolute Gasteiger partial charge is 0.149 e. The average molecular weight is 299 g/mol. The van der Waals surface area contributed by atoms with Gasteiger partial charge in [-0.1, -0.05) is 29.8 Å². The maximum Gasteiger partial charge on any atom is 0.0406 e. The van der Waals surface area contributed by atoms with Crippen LogP contribution in [-0.4, -0.2) is 5.38 Å². The molecule has 0 radical (unpaired) electrons. The molecule has 1 aromatic heterocycles. The molecule has 0 N–H and O–H groups in total. The van der Waals surface area contributed by atoms with Gasteiger partial charge in [0.1, 0.15) is 0 Å². The highest BCUT2D eigenvalue weighted by molar-refractivity contribution is 7.09. The molecule has 1 unspecified atom stereocenters. The van der Waals surface area contributed by atoms with Gasteiger partial charge in [0.25, 0.3) is 0 Å². The van der Waals surface area contributed by atoms with Crippen molar-refractivity contribution in [2.24, 2.45) is 0 Å². The standard InChI is InChI=1S/C15H16Cl2S/c16-13-8-6-12(7-9-13)11-14(17)3-1-4-15-5-2-10-18-15/h2,5-10,14H,1,3-4,11H2. The summed E-state index contributed by atoms with van der Waals surface area (Å²) in [5, 5.41) is 3.12. The van der Waals surface area contributed by atoms with Gasteiger partial charge in [0.15, 0.2) is 0 Å². The van der Waals surface area contributed by atoms with E-state index in [-0.39, 0.29) is 5.38 Å². The van der Waals surface area contributed by atoms with Crippen molar-refractivity contribution in [2.45, 2.75) is 31.1 Å². The number of benzene rings is 1. The second-order valence-corrected chi connectivity index (χ2v) is 6.49. The molecule has 2 rings (SSSR count). The normalized spacial score (nSPS) is 12.6. The molecule has 0 spiro atoms. The predicted molar refractivity (Wildman–Crippen MR) is 82.1 cm³/mol. The van der Waals surface area contributed by atoms with Crippen LogP contribution in [0.3, 0.4) is 0 Å². The number of hydrogen-bond donors (Lipinski definition) is 0. The molecule has 0 aliphatic heterocycles. The van der Waals surface area contributed by atoms with Crippen molar-refractivity contribution < 1.29 is 0 Å². The number of rotatable bonds is 6. The van der Waals surface area contributed by atoms with Gasteiger partial charge in [-0.05, 0) is 54.8 Å². The first kappa shape index (κ1) is 13.9. The molecular weight excluding hydrogens is 283 g/mol. The Bertz CT molecular complexity index is 448. The lowest BCUT2D eigenvalue weighted by atomic mass is 10.1. The van der Waals surface area contributed by atoms with Crippen molar-refractivity contribution in [2.75, 3.05) is 0 Å². The van der Waals surface area contributed by atoms with Gasteiger partial charge in [-0.2, -0.15) is 0 Å². The Labute approximate surface area is 123 Å². The van der Waals surface area contributed by atoms with Crippen LogP contribution < -0.4 is 0 Å². The zero-order chi connectivity index (χ0) is 12.8. The van der Waals surface area contributed by atoms with Crippen LogP contribution in [0, 0.1) is 0 Å². The van der Waals surface area contributed by atoms with Crippen LogP contribution in [0.15, 0.2) is 41.8 Å². The minimum Gasteiger partial charge on any atom is -0.149 e. The molecule has 1 atom stereocenters. The van der Waals surface area contributed by atoms with E-state index in [4.69, 9.17) is 23.2 Å². The second kappa shape index (κ2) is 7.18. The Balaban J connectivity index is 1.71. The monoisotopic (exact) mass is 298 g/mol. The van der Waals surface area contributed by atoms with Gasteiger partial charge in [0.05, 0.1) is 0 Å². The topological polar surface area (TPSA) is 0 Å². The lowest BCUT2D eigenvalue weighted by Crippen LogP contribution is -2.03. The Morgan fingerprint density at radius 3 is 2.56 bits per heavy atom. The van der Waals surface area contributed by atoms with E-state index in [1.165, 1.54) is 10.4 Å². The van der Waals surface area contributed by atoms with E-state index in [2.05, 4.69) is 29.6 Å². The van der Waals surface area contributed by atoms with Gasteiger partial charge < -0.3 is 0 Å². The summed E-state index contributed by atoms with van der Waals surface area (Å²) >= 11 is 14.0. The molecule has 0 bridgehead atoms. The van der Waals surface area contributed by atoms with Gasteiger partial charge in [-0.25, -0.2) is 0 Å². The highest BCUT2D eigenvalue weighted by Crippen LogP contribution is 2.18. The molecule has 0 saturated heterocycles. The third-order valence-corrected chi connectivity index (χ3v) is 4.45. The van der Waals surface area contributed by atoms with Crippen LogP contribution in [-0.2, 0) is 12.8 Å². The van der Waals surface area contributed by atoms with Crippen LogP contribution in [0.5, 0.6) is 0 Å². The predicted octanol–water partition coefficient (Wildman–Crippen LogP) is 5.57. The molecule has 0 nitrogen and oxygen atoms in total. The highest BCUT2D eigenvalue weighted by atomic mass is 35.5. The van der Waals surface area contributed by atoms with Gasteiger partial charge in [-0.3, -0.25) is 0 Å². The SMILES string of the molecule is Clc1ccc(CC(Cl)CCCc2cccs2)cc1. The van der Waals surface area contributed by atoms with E-state index in [1.54, 1.807) is 0 Å². The van der Waals surface area contributed by atoms with E-state index in [0.717, 1.165) is 30.7 Å². The fourth-order valence-corrected chi connectivity index (χ4v) is 3.14. The Kier molecular flexibility index (Phi) is 5.55. The lowest BCUT2D eigenvalue weighted by Gasteiger charge is -2.09. The summed E-state index contributed by atoms with van der Waals surface area (Å²) in [6.07, 6.45) is 4.27. The van der Waals surface area contributed by atoms with Gasteiger partial charge in [0.2, 0.25) is 0 Å². The Hall–Kier alpha value is -0.500. The zero-order valence-electron chi connectivity index (χ0n) is 10.1. The molecule has 3 heteroatoms. The summed E-state index contributed by atoms with van der Waals surface area (Å²) in [5.74, 6) is 0. The van der Waals surface area contributed by atoms with E-state index in [9.17, 15) is 0 Å². The molecule has 0 aliphatic rings. The van der Waals surface area contributed by atoms with Crippen LogP contribution >= 0.6 is 34.5 Å². The van der Waals surface area contributed by atoms with Crippen molar-refractivity contribution in [1.82, 2.24) is 0 Å². The van der Waals surface area contributed by atoms with E-state index < -0.39 is 0 Å². The van der Waals surface area contributed by atoms with Crippen molar-refractivity contribution in [3.8, 4) is 0 Å². The van der Waals surface area contributed by atoms with E-state index in [1.807, 2.05) is 23.5 Å². The van der Waals surface area contributed by atoms with Crippen LogP contribution in [0.4, 0.5) is 0 Å². The summed E-state index contributed by atoms with van der Waals surface area (Å²) in [6, 6.07) is 12.2. The molecule has 1 heterocycles. The van der Waals surface area contributed by atoms with Crippen LogP contribution in [0.1, 0.15) is 23.3 Å². The number of alkyl halides is 1. The molecule has 96 valence electrons. The number of aryl methyl sites for hydroxylation is 1. The zero-order valence-corrected chi connectivity index (χ0v) is 12.4. The molecule has 0 aliphatic carbocycles. The minimum absolute atomic E-state index is 0.214. The molecular formula is C15H16Cl2S. The molecule has 0 amide bonds. The smallest absolute Gasteiger partial charge is 0.0406 e. The van der Waals surface area contributed by atoms with Crippen molar-refractivity contribution in [3.05, 3.63) is 57.2 Å². The highest BCUT2D eigenvalue weighted by Gasteiger charge is 2.06. The summed E-state index contributed by atoms with van der Waals surface area (Å²) in [5.41, 5.74) is 1.26. The minimum atomic E-state index is 0.214. The summed E-state index contributed by atoms with van der Waals surface area (Å²) < 4.78 is 0. The van der Waals surface area contributed by atoms with Crippen molar-refractivity contribution >= 4 is 34.5 Å². The van der Waals surface area contributed by atoms with Gasteiger partial charge in [-0.15, -0.1) is 22.9 Å². The molecule has 1 aromatic carbocycles. The van der Waals surface area contributed by atoms with Crippen LogP contribution in [0.2, 0.25) is 5.02 Å². The molecule has 18 heavy (non-hydrogen) atoms. The van der Waals surface area contributed by atoms with Crippen molar-refractivity contribution in [3.63, 3.8) is 0 Å². The number of hydrogen-bond acceptors (Lipinski definition) is 1. The third-order valence-electron chi connectivity index (χ3n) is 2.89. The molecule has 0 saturated carbocycles. The Morgan fingerprint density at radius 2 is 1.89 bits per heavy atom. The Morgan fingerprint density at radius 1 is 1.11 bits per heavy atom. The lowest BCUT2D eigenvalue weighted by molar-refractivity contribution is 0.690.